The van der Waals surface area contributed by atoms with Crippen LogP contribution in [0.2, 0.25) is 0 Å². The summed E-state index contributed by atoms with van der Waals surface area (Å²) < 4.78 is 0. The Labute approximate surface area is 83.5 Å². The summed E-state index contributed by atoms with van der Waals surface area (Å²) in [5.74, 6) is -0.202. The monoisotopic (exact) mass is 193 g/mol. The van der Waals surface area contributed by atoms with Crippen LogP contribution in [-0.4, -0.2) is 16.4 Å². The lowest BCUT2D eigenvalue weighted by molar-refractivity contribution is -0.120. The van der Waals surface area contributed by atoms with Gasteiger partial charge in [-0.15, -0.1) is 0 Å². The van der Waals surface area contributed by atoms with E-state index in [2.05, 4.69) is 10.3 Å². The van der Waals surface area contributed by atoms with Crippen molar-refractivity contribution in [2.75, 3.05) is 5.32 Å². The molecule has 0 aliphatic heterocycles. The predicted octanol–water partition coefficient (Wildman–Crippen LogP) is 1.07. The van der Waals surface area contributed by atoms with Crippen LogP contribution in [0.15, 0.2) is 18.5 Å². The molecule has 0 atom stereocenters. The fraction of sp³-hybridized carbons (Fsp3) is 0.400. The highest BCUT2D eigenvalue weighted by molar-refractivity contribution is 5.97. The van der Waals surface area contributed by atoms with Crippen LogP contribution in [0.5, 0.6) is 0 Å². The molecule has 0 bridgehead atoms. The molecule has 14 heavy (non-hydrogen) atoms. The summed E-state index contributed by atoms with van der Waals surface area (Å²) >= 11 is 0. The Hall–Kier alpha value is -1.42. The van der Waals surface area contributed by atoms with Crippen LogP contribution in [0.3, 0.4) is 0 Å². The second-order valence-corrected chi connectivity index (χ2v) is 3.87. The molecule has 0 unspecified atom stereocenters. The summed E-state index contributed by atoms with van der Waals surface area (Å²) in [7, 11) is 0. The van der Waals surface area contributed by atoms with Crippen molar-refractivity contribution in [1.29, 1.82) is 0 Å². The first-order valence-corrected chi connectivity index (χ1v) is 4.42. The first-order valence-electron chi connectivity index (χ1n) is 4.42. The Bertz CT molecular complexity index is 341. The second-order valence-electron chi connectivity index (χ2n) is 3.87. The summed E-state index contributed by atoms with van der Waals surface area (Å²) in [5.41, 5.74) is 6.46. The van der Waals surface area contributed by atoms with Crippen LogP contribution in [0.1, 0.15) is 19.4 Å². The zero-order valence-electron chi connectivity index (χ0n) is 8.66. The van der Waals surface area contributed by atoms with Crippen LogP contribution in [-0.2, 0) is 4.79 Å². The van der Waals surface area contributed by atoms with Gasteiger partial charge in [0.2, 0.25) is 5.91 Å². The molecule has 4 heteroatoms. The maximum Gasteiger partial charge on any atom is 0.243 e. The van der Waals surface area contributed by atoms with Crippen molar-refractivity contribution in [1.82, 2.24) is 4.98 Å². The largest absolute Gasteiger partial charge is 0.324 e. The number of nitrogens with one attached hydrogen (secondary N) is 1. The molecule has 0 saturated carbocycles. The molecular weight excluding hydrogens is 178 g/mol. The SMILES string of the molecule is Cc1cnccc1NC(=O)C(C)(C)N. The number of rotatable bonds is 2. The van der Waals surface area contributed by atoms with Gasteiger partial charge in [0.25, 0.3) is 0 Å². The number of anilines is 1. The molecule has 1 aromatic heterocycles. The van der Waals surface area contributed by atoms with E-state index in [1.807, 2.05) is 6.92 Å². The molecule has 4 nitrogen and oxygen atoms in total. The fourth-order valence-electron chi connectivity index (χ4n) is 0.897. The van der Waals surface area contributed by atoms with Crippen LogP contribution >= 0.6 is 0 Å². The fourth-order valence-corrected chi connectivity index (χ4v) is 0.897. The van der Waals surface area contributed by atoms with E-state index in [9.17, 15) is 4.79 Å². The lowest BCUT2D eigenvalue weighted by Crippen LogP contribution is -2.45. The van der Waals surface area contributed by atoms with Crippen molar-refractivity contribution in [3.8, 4) is 0 Å². The summed E-state index contributed by atoms with van der Waals surface area (Å²) in [5, 5.41) is 2.75. The highest BCUT2D eigenvalue weighted by atomic mass is 16.2. The molecule has 3 N–H and O–H groups in total. The number of pyridine rings is 1. The minimum atomic E-state index is -0.865. The van der Waals surface area contributed by atoms with Crippen molar-refractivity contribution in [3.63, 3.8) is 0 Å². The topological polar surface area (TPSA) is 68.0 Å². The van der Waals surface area contributed by atoms with E-state index in [1.165, 1.54) is 0 Å². The van der Waals surface area contributed by atoms with E-state index >= 15 is 0 Å². The highest BCUT2D eigenvalue weighted by Crippen LogP contribution is 2.13. The van der Waals surface area contributed by atoms with Gasteiger partial charge < -0.3 is 11.1 Å². The standard InChI is InChI=1S/C10H15N3O/c1-7-6-12-5-4-8(7)13-9(14)10(2,3)11/h4-6H,11H2,1-3H3,(H,12,13,14). The molecule has 1 rings (SSSR count). The van der Waals surface area contributed by atoms with Crippen molar-refractivity contribution in [2.24, 2.45) is 5.73 Å². The Morgan fingerprint density at radius 1 is 1.57 bits per heavy atom. The summed E-state index contributed by atoms with van der Waals surface area (Å²) in [4.78, 5) is 15.5. The molecule has 1 amide bonds. The summed E-state index contributed by atoms with van der Waals surface area (Å²) in [6.45, 7) is 5.21. The third kappa shape index (κ3) is 2.53. The van der Waals surface area contributed by atoms with Crippen molar-refractivity contribution >= 4 is 11.6 Å². The van der Waals surface area contributed by atoms with Gasteiger partial charge in [-0.1, -0.05) is 0 Å². The van der Waals surface area contributed by atoms with Crippen molar-refractivity contribution < 1.29 is 4.79 Å². The van der Waals surface area contributed by atoms with Crippen molar-refractivity contribution in [2.45, 2.75) is 26.3 Å². The van der Waals surface area contributed by atoms with Gasteiger partial charge in [-0.05, 0) is 32.4 Å². The van der Waals surface area contributed by atoms with Crippen LogP contribution < -0.4 is 11.1 Å². The van der Waals surface area contributed by atoms with E-state index in [0.29, 0.717) is 0 Å². The second kappa shape index (κ2) is 3.75. The Kier molecular flexibility index (Phi) is 2.86. The first-order chi connectivity index (χ1) is 6.41. The molecule has 1 heterocycles. The molecule has 0 fully saturated rings. The van der Waals surface area contributed by atoms with E-state index in [1.54, 1.807) is 32.3 Å². The Morgan fingerprint density at radius 3 is 2.71 bits per heavy atom. The first kappa shape index (κ1) is 10.7. The third-order valence-corrected chi connectivity index (χ3v) is 1.85. The van der Waals surface area contributed by atoms with Crippen LogP contribution in [0.4, 0.5) is 5.69 Å². The zero-order chi connectivity index (χ0) is 10.8. The number of aromatic nitrogens is 1. The molecule has 0 aliphatic rings. The number of nitrogens with zero attached hydrogens (tertiary/aromatic N) is 1. The molecule has 0 radical (unpaired) electrons. The maximum atomic E-state index is 11.5. The predicted molar refractivity (Wildman–Crippen MR) is 55.9 cm³/mol. The third-order valence-electron chi connectivity index (χ3n) is 1.85. The van der Waals surface area contributed by atoms with Gasteiger partial charge in [0.15, 0.2) is 0 Å². The number of carbonyl (C=O) groups excluding carboxylic acids is 1. The lowest BCUT2D eigenvalue weighted by Gasteiger charge is -2.18. The van der Waals surface area contributed by atoms with Crippen LogP contribution in [0.25, 0.3) is 0 Å². The molecule has 0 aromatic carbocycles. The minimum absolute atomic E-state index is 0.202. The molecular formula is C10H15N3O. The van der Waals surface area contributed by atoms with Gasteiger partial charge in [0.05, 0.1) is 5.54 Å². The van der Waals surface area contributed by atoms with Crippen LogP contribution in [0, 0.1) is 6.92 Å². The Morgan fingerprint density at radius 2 is 2.21 bits per heavy atom. The normalized spacial score (nSPS) is 11.1. The number of nitrogens with two attached hydrogens (primary N) is 1. The van der Waals surface area contributed by atoms with E-state index in [4.69, 9.17) is 5.73 Å². The smallest absolute Gasteiger partial charge is 0.243 e. The number of hydrogen-bond acceptors (Lipinski definition) is 3. The minimum Gasteiger partial charge on any atom is -0.324 e. The average Bonchev–Trinajstić information content (AvgIpc) is 2.07. The molecule has 1 aromatic rings. The number of carbonyl (C=O) groups is 1. The van der Waals surface area contributed by atoms with Gasteiger partial charge in [-0.25, -0.2) is 0 Å². The van der Waals surface area contributed by atoms with Gasteiger partial charge in [0, 0.05) is 18.1 Å². The number of hydrogen-bond donors (Lipinski definition) is 2. The zero-order valence-corrected chi connectivity index (χ0v) is 8.66. The van der Waals surface area contributed by atoms with Gasteiger partial charge in [-0.2, -0.15) is 0 Å². The number of amides is 1. The molecule has 0 saturated heterocycles. The van der Waals surface area contributed by atoms with Gasteiger partial charge in [0.1, 0.15) is 0 Å². The Balaban J connectivity index is 2.80. The van der Waals surface area contributed by atoms with E-state index in [0.717, 1.165) is 11.3 Å². The summed E-state index contributed by atoms with van der Waals surface area (Å²) in [6, 6.07) is 1.75. The van der Waals surface area contributed by atoms with Gasteiger partial charge >= 0.3 is 0 Å². The van der Waals surface area contributed by atoms with E-state index in [-0.39, 0.29) is 5.91 Å². The van der Waals surface area contributed by atoms with Gasteiger partial charge in [-0.3, -0.25) is 9.78 Å². The quantitative estimate of drug-likeness (QED) is 0.738. The maximum absolute atomic E-state index is 11.5. The molecule has 0 aliphatic carbocycles. The molecule has 76 valence electrons. The average molecular weight is 193 g/mol. The van der Waals surface area contributed by atoms with E-state index < -0.39 is 5.54 Å². The van der Waals surface area contributed by atoms with Crippen molar-refractivity contribution in [3.05, 3.63) is 24.0 Å². The number of aryl methyl sites for hydroxylation is 1. The lowest BCUT2D eigenvalue weighted by atomic mass is 10.1. The molecule has 0 spiro atoms. The highest BCUT2D eigenvalue weighted by Gasteiger charge is 2.21. The summed E-state index contributed by atoms with van der Waals surface area (Å²) in [6.07, 6.45) is 3.32.